The molecule has 2 rings (SSSR count). The Morgan fingerprint density at radius 3 is 2.55 bits per heavy atom. The highest BCUT2D eigenvalue weighted by molar-refractivity contribution is 5.69. The van der Waals surface area contributed by atoms with Gasteiger partial charge in [-0.05, 0) is 44.5 Å². The van der Waals surface area contributed by atoms with E-state index in [-0.39, 0.29) is 6.54 Å². The van der Waals surface area contributed by atoms with Crippen molar-refractivity contribution in [1.82, 2.24) is 9.80 Å². The highest BCUT2D eigenvalue weighted by atomic mass is 16.4. The summed E-state index contributed by atoms with van der Waals surface area (Å²) in [7, 11) is 2.16. The molecule has 0 spiro atoms. The molecule has 20 heavy (non-hydrogen) atoms. The zero-order valence-corrected chi connectivity index (χ0v) is 12.2. The first kappa shape index (κ1) is 15.0. The number of hydrogen-bond donors (Lipinski definition) is 1. The van der Waals surface area contributed by atoms with Gasteiger partial charge in [0.15, 0.2) is 0 Å². The molecule has 0 saturated carbocycles. The summed E-state index contributed by atoms with van der Waals surface area (Å²) < 4.78 is 0. The Bertz CT molecular complexity index is 414. The molecule has 0 atom stereocenters. The van der Waals surface area contributed by atoms with Gasteiger partial charge in [-0.15, -0.1) is 0 Å². The Morgan fingerprint density at radius 2 is 1.95 bits per heavy atom. The van der Waals surface area contributed by atoms with E-state index in [0.29, 0.717) is 5.92 Å². The minimum absolute atomic E-state index is 0.187. The lowest BCUT2D eigenvalue weighted by molar-refractivity contribution is -0.138. The molecule has 4 nitrogen and oxygen atoms in total. The maximum atomic E-state index is 10.7. The number of carbonyl (C=O) groups is 1. The van der Waals surface area contributed by atoms with Crippen LogP contribution in [0.5, 0.6) is 0 Å². The number of hydrogen-bond acceptors (Lipinski definition) is 3. The first-order valence-electron chi connectivity index (χ1n) is 7.30. The number of rotatable bonds is 6. The third-order valence-corrected chi connectivity index (χ3v) is 3.93. The number of carboxylic acids is 1. The molecular formula is C16H24N2O2. The predicted molar refractivity (Wildman–Crippen MR) is 79.6 cm³/mol. The maximum absolute atomic E-state index is 10.7. The Morgan fingerprint density at radius 1 is 1.30 bits per heavy atom. The Labute approximate surface area is 121 Å². The van der Waals surface area contributed by atoms with Crippen molar-refractivity contribution in [2.24, 2.45) is 5.92 Å². The van der Waals surface area contributed by atoms with Gasteiger partial charge in [-0.2, -0.15) is 0 Å². The largest absolute Gasteiger partial charge is 0.480 e. The third kappa shape index (κ3) is 4.94. The SMILES string of the molecule is CN(Cc1ccccc1)CC1CCN(CC(=O)O)CC1. The van der Waals surface area contributed by atoms with Gasteiger partial charge in [0, 0.05) is 13.1 Å². The zero-order valence-electron chi connectivity index (χ0n) is 12.2. The summed E-state index contributed by atoms with van der Waals surface area (Å²) in [5, 5.41) is 8.79. The van der Waals surface area contributed by atoms with Crippen LogP contribution in [0.2, 0.25) is 0 Å². The van der Waals surface area contributed by atoms with E-state index >= 15 is 0 Å². The van der Waals surface area contributed by atoms with Crippen LogP contribution >= 0.6 is 0 Å². The van der Waals surface area contributed by atoms with Crippen molar-refractivity contribution in [3.63, 3.8) is 0 Å². The van der Waals surface area contributed by atoms with Crippen LogP contribution in [0.3, 0.4) is 0 Å². The van der Waals surface area contributed by atoms with Crippen molar-refractivity contribution in [3.05, 3.63) is 35.9 Å². The fraction of sp³-hybridized carbons (Fsp3) is 0.562. The van der Waals surface area contributed by atoms with Crippen LogP contribution in [-0.4, -0.2) is 54.1 Å². The van der Waals surface area contributed by atoms with E-state index in [9.17, 15) is 4.79 Å². The van der Waals surface area contributed by atoms with E-state index < -0.39 is 5.97 Å². The van der Waals surface area contributed by atoms with Gasteiger partial charge in [-0.25, -0.2) is 0 Å². The molecular weight excluding hydrogens is 252 g/mol. The van der Waals surface area contributed by atoms with Crippen molar-refractivity contribution in [1.29, 1.82) is 0 Å². The van der Waals surface area contributed by atoms with Crippen molar-refractivity contribution < 1.29 is 9.90 Å². The van der Waals surface area contributed by atoms with E-state index in [1.54, 1.807) is 0 Å². The van der Waals surface area contributed by atoms with Crippen LogP contribution in [0, 0.1) is 5.92 Å². The predicted octanol–water partition coefficient (Wildman–Crippen LogP) is 1.91. The fourth-order valence-corrected chi connectivity index (χ4v) is 2.92. The van der Waals surface area contributed by atoms with Crippen molar-refractivity contribution >= 4 is 5.97 Å². The van der Waals surface area contributed by atoms with Gasteiger partial charge < -0.3 is 10.0 Å². The van der Waals surface area contributed by atoms with Gasteiger partial charge in [0.25, 0.3) is 0 Å². The lowest BCUT2D eigenvalue weighted by Gasteiger charge is -2.33. The standard InChI is InChI=1S/C16H24N2O2/c1-17(11-14-5-3-2-4-6-14)12-15-7-9-18(10-8-15)13-16(19)20/h2-6,15H,7-13H2,1H3,(H,19,20). The van der Waals surface area contributed by atoms with Crippen LogP contribution in [0.15, 0.2) is 30.3 Å². The summed E-state index contributed by atoms with van der Waals surface area (Å²) >= 11 is 0. The number of nitrogens with zero attached hydrogens (tertiary/aromatic N) is 2. The van der Waals surface area contributed by atoms with Crippen LogP contribution in [0.1, 0.15) is 18.4 Å². The molecule has 0 aromatic heterocycles. The quantitative estimate of drug-likeness (QED) is 0.862. The number of aliphatic carboxylic acids is 1. The summed E-state index contributed by atoms with van der Waals surface area (Å²) in [6, 6.07) is 10.5. The lowest BCUT2D eigenvalue weighted by Crippen LogP contribution is -2.40. The fourth-order valence-electron chi connectivity index (χ4n) is 2.92. The van der Waals surface area contributed by atoms with Gasteiger partial charge in [0.2, 0.25) is 0 Å². The Hall–Kier alpha value is -1.39. The number of benzene rings is 1. The molecule has 1 fully saturated rings. The molecule has 1 aliphatic heterocycles. The van der Waals surface area contributed by atoms with E-state index in [1.807, 2.05) is 11.0 Å². The normalized spacial score (nSPS) is 17.5. The van der Waals surface area contributed by atoms with Crippen LogP contribution in [0.4, 0.5) is 0 Å². The monoisotopic (exact) mass is 276 g/mol. The summed E-state index contributed by atoms with van der Waals surface area (Å²) in [6.07, 6.45) is 2.21. The third-order valence-electron chi connectivity index (χ3n) is 3.93. The lowest BCUT2D eigenvalue weighted by atomic mass is 9.96. The summed E-state index contributed by atoms with van der Waals surface area (Å²) in [6.45, 7) is 4.09. The smallest absolute Gasteiger partial charge is 0.317 e. The first-order valence-corrected chi connectivity index (χ1v) is 7.30. The molecule has 1 heterocycles. The van der Waals surface area contributed by atoms with Crippen molar-refractivity contribution in [2.75, 3.05) is 33.2 Å². The van der Waals surface area contributed by atoms with Crippen LogP contribution in [0.25, 0.3) is 0 Å². The molecule has 0 unspecified atom stereocenters. The van der Waals surface area contributed by atoms with Crippen molar-refractivity contribution in [2.45, 2.75) is 19.4 Å². The molecule has 1 aromatic carbocycles. The molecule has 1 N–H and O–H groups in total. The Balaban J connectivity index is 1.71. The average Bonchev–Trinajstić information content (AvgIpc) is 2.41. The molecule has 1 saturated heterocycles. The zero-order chi connectivity index (χ0) is 14.4. The highest BCUT2D eigenvalue weighted by Crippen LogP contribution is 2.18. The number of piperidine rings is 1. The number of carboxylic acid groups (broad SMARTS) is 1. The summed E-state index contributed by atoms with van der Waals surface area (Å²) in [5.74, 6) is -0.0293. The van der Waals surface area contributed by atoms with Gasteiger partial charge in [0.05, 0.1) is 6.54 Å². The molecule has 0 bridgehead atoms. The molecule has 0 amide bonds. The van der Waals surface area contributed by atoms with Crippen LogP contribution in [-0.2, 0) is 11.3 Å². The van der Waals surface area contributed by atoms with E-state index in [4.69, 9.17) is 5.11 Å². The summed E-state index contributed by atoms with van der Waals surface area (Å²) in [4.78, 5) is 15.1. The van der Waals surface area contributed by atoms with Gasteiger partial charge in [0.1, 0.15) is 0 Å². The second kappa shape index (κ2) is 7.41. The van der Waals surface area contributed by atoms with Gasteiger partial charge in [-0.3, -0.25) is 9.69 Å². The molecule has 110 valence electrons. The average molecular weight is 276 g/mol. The molecule has 1 aliphatic rings. The molecule has 4 heteroatoms. The molecule has 0 radical (unpaired) electrons. The van der Waals surface area contributed by atoms with Gasteiger partial charge >= 0.3 is 5.97 Å². The topological polar surface area (TPSA) is 43.8 Å². The van der Waals surface area contributed by atoms with Crippen LogP contribution < -0.4 is 0 Å². The van der Waals surface area contributed by atoms with E-state index in [2.05, 4.69) is 36.2 Å². The molecule has 1 aromatic rings. The maximum Gasteiger partial charge on any atom is 0.317 e. The number of likely N-dealkylation sites (tertiary alicyclic amines) is 1. The highest BCUT2D eigenvalue weighted by Gasteiger charge is 2.21. The Kier molecular flexibility index (Phi) is 5.56. The second-order valence-corrected chi connectivity index (χ2v) is 5.80. The second-order valence-electron chi connectivity index (χ2n) is 5.80. The summed E-state index contributed by atoms with van der Waals surface area (Å²) in [5.41, 5.74) is 1.35. The van der Waals surface area contributed by atoms with Crippen molar-refractivity contribution in [3.8, 4) is 0 Å². The first-order chi connectivity index (χ1) is 9.63. The minimum atomic E-state index is -0.718. The van der Waals surface area contributed by atoms with E-state index in [0.717, 1.165) is 39.0 Å². The minimum Gasteiger partial charge on any atom is -0.480 e. The molecule has 0 aliphatic carbocycles. The van der Waals surface area contributed by atoms with Gasteiger partial charge in [-0.1, -0.05) is 30.3 Å². The van der Waals surface area contributed by atoms with E-state index in [1.165, 1.54) is 5.56 Å².